The summed E-state index contributed by atoms with van der Waals surface area (Å²) in [6, 6.07) is 4.72. The molecule has 1 aromatic carbocycles. The molecule has 1 aromatic rings. The Kier molecular flexibility index (Phi) is 4.40. The van der Waals surface area contributed by atoms with E-state index in [1.54, 1.807) is 13.8 Å². The van der Waals surface area contributed by atoms with Crippen LogP contribution in [0.5, 0.6) is 0 Å². The van der Waals surface area contributed by atoms with Gasteiger partial charge in [-0.1, -0.05) is 12.1 Å². The highest BCUT2D eigenvalue weighted by atomic mass is 32.2. The van der Waals surface area contributed by atoms with Crippen LogP contribution in [0.3, 0.4) is 0 Å². The molecule has 4 nitrogen and oxygen atoms in total. The van der Waals surface area contributed by atoms with Gasteiger partial charge in [-0.25, -0.2) is 8.42 Å². The Bertz CT molecular complexity index is 580. The monoisotopic (exact) mass is 311 g/mol. The van der Waals surface area contributed by atoms with E-state index < -0.39 is 31.9 Å². The summed E-state index contributed by atoms with van der Waals surface area (Å²) in [6.07, 6.45) is -0.899. The lowest BCUT2D eigenvalue weighted by Gasteiger charge is -2.31. The maximum absolute atomic E-state index is 12.6. The molecule has 0 aliphatic rings. The second kappa shape index (κ2) is 5.25. The van der Waals surface area contributed by atoms with Crippen molar-refractivity contribution in [3.05, 3.63) is 24.3 Å². The van der Waals surface area contributed by atoms with Gasteiger partial charge in [-0.05, 0) is 32.9 Å². The van der Waals surface area contributed by atoms with Crippen LogP contribution in [0.4, 0.5) is 18.9 Å². The molecular formula is C12H16F3NO3S. The van der Waals surface area contributed by atoms with Gasteiger partial charge in [0.05, 0.1) is 22.2 Å². The molecule has 0 heterocycles. The lowest BCUT2D eigenvalue weighted by Crippen LogP contribution is -2.42. The number of benzene rings is 1. The summed E-state index contributed by atoms with van der Waals surface area (Å²) < 4.78 is 60.9. The Labute approximate surface area is 115 Å². The third-order valence-electron chi connectivity index (χ3n) is 2.98. The number of nitrogens with one attached hydrogen (secondary N) is 1. The van der Waals surface area contributed by atoms with Crippen LogP contribution in [0.2, 0.25) is 0 Å². The zero-order valence-corrected chi connectivity index (χ0v) is 12.0. The van der Waals surface area contributed by atoms with Gasteiger partial charge in [0.15, 0.2) is 0 Å². The van der Waals surface area contributed by atoms with Gasteiger partial charge in [0.2, 0.25) is 0 Å². The van der Waals surface area contributed by atoms with Crippen LogP contribution in [0, 0.1) is 0 Å². The van der Waals surface area contributed by atoms with E-state index in [9.17, 15) is 26.7 Å². The van der Waals surface area contributed by atoms with Gasteiger partial charge in [-0.15, -0.1) is 0 Å². The van der Waals surface area contributed by atoms with Crippen molar-refractivity contribution in [3.8, 4) is 0 Å². The van der Waals surface area contributed by atoms with Crippen molar-refractivity contribution < 1.29 is 26.7 Å². The molecule has 1 rings (SSSR count). The van der Waals surface area contributed by atoms with E-state index in [1.165, 1.54) is 25.1 Å². The van der Waals surface area contributed by atoms with Crippen LogP contribution in [-0.2, 0) is 9.84 Å². The molecule has 0 aliphatic carbocycles. The summed E-state index contributed by atoms with van der Waals surface area (Å²) in [7, 11) is -5.45. The molecule has 0 bridgehead atoms. The quantitative estimate of drug-likeness (QED) is 0.897. The lowest BCUT2D eigenvalue weighted by molar-refractivity contribution is -0.0435. The van der Waals surface area contributed by atoms with Gasteiger partial charge in [0, 0.05) is 0 Å². The Morgan fingerprint density at radius 2 is 1.70 bits per heavy atom. The van der Waals surface area contributed by atoms with Crippen molar-refractivity contribution in [1.82, 2.24) is 0 Å². The van der Waals surface area contributed by atoms with E-state index in [4.69, 9.17) is 0 Å². The molecule has 1 atom stereocenters. The number of halogens is 3. The van der Waals surface area contributed by atoms with Crippen molar-refractivity contribution in [2.75, 3.05) is 5.32 Å². The highest BCUT2D eigenvalue weighted by Crippen LogP contribution is 2.35. The van der Waals surface area contributed by atoms with Crippen molar-refractivity contribution in [3.63, 3.8) is 0 Å². The fraction of sp³-hybridized carbons (Fsp3) is 0.500. The fourth-order valence-electron chi connectivity index (χ4n) is 1.38. The van der Waals surface area contributed by atoms with Crippen LogP contribution in [-0.4, -0.2) is 30.7 Å². The predicted molar refractivity (Wildman–Crippen MR) is 69.1 cm³/mol. The zero-order chi connectivity index (χ0) is 15.8. The van der Waals surface area contributed by atoms with Crippen molar-refractivity contribution >= 4 is 15.5 Å². The average molecular weight is 311 g/mol. The minimum Gasteiger partial charge on any atom is -0.391 e. The standard InChI is InChI=1S/C12H16F3NO3S/c1-8(17)11(2,3)16-9-6-4-5-7-10(9)20(18,19)12(13,14)15/h4-8,16-17H,1-3H3. The maximum atomic E-state index is 12.6. The predicted octanol–water partition coefficient (Wildman–Crippen LogP) is 2.55. The molecule has 0 aromatic heterocycles. The first-order chi connectivity index (χ1) is 8.89. The zero-order valence-electron chi connectivity index (χ0n) is 11.2. The number of rotatable bonds is 4. The van der Waals surface area contributed by atoms with E-state index in [1.807, 2.05) is 0 Å². The normalized spacial score (nSPS) is 14.9. The van der Waals surface area contributed by atoms with E-state index >= 15 is 0 Å². The summed E-state index contributed by atoms with van der Waals surface area (Å²) >= 11 is 0. The van der Waals surface area contributed by atoms with Crippen molar-refractivity contribution in [2.24, 2.45) is 0 Å². The minimum atomic E-state index is -5.45. The number of hydrogen-bond acceptors (Lipinski definition) is 4. The third kappa shape index (κ3) is 3.24. The molecule has 2 N–H and O–H groups in total. The molecule has 0 fully saturated rings. The number of aliphatic hydroxyl groups excluding tert-OH is 1. The highest BCUT2D eigenvalue weighted by molar-refractivity contribution is 7.92. The summed E-state index contributed by atoms with van der Waals surface area (Å²) in [4.78, 5) is -0.860. The van der Waals surface area contributed by atoms with Gasteiger partial charge in [-0.2, -0.15) is 13.2 Å². The van der Waals surface area contributed by atoms with E-state index in [0.717, 1.165) is 6.07 Å². The van der Waals surface area contributed by atoms with Crippen LogP contribution in [0.1, 0.15) is 20.8 Å². The summed E-state index contributed by atoms with van der Waals surface area (Å²) in [5, 5.41) is 12.2. The first-order valence-corrected chi connectivity index (χ1v) is 7.24. The van der Waals surface area contributed by atoms with E-state index in [-0.39, 0.29) is 5.69 Å². The first kappa shape index (κ1) is 16.8. The largest absolute Gasteiger partial charge is 0.501 e. The summed E-state index contributed by atoms with van der Waals surface area (Å²) in [5.74, 6) is 0. The molecule has 114 valence electrons. The van der Waals surface area contributed by atoms with Crippen LogP contribution in [0.25, 0.3) is 0 Å². The molecule has 0 aliphatic heterocycles. The Morgan fingerprint density at radius 3 is 2.15 bits per heavy atom. The topological polar surface area (TPSA) is 66.4 Å². The third-order valence-corrected chi connectivity index (χ3v) is 4.53. The molecule has 0 amide bonds. The SMILES string of the molecule is CC(O)C(C)(C)Nc1ccccc1S(=O)(=O)C(F)(F)F. The second-order valence-electron chi connectivity index (χ2n) is 4.97. The van der Waals surface area contributed by atoms with E-state index in [0.29, 0.717) is 0 Å². The van der Waals surface area contributed by atoms with E-state index in [2.05, 4.69) is 5.32 Å². The number of anilines is 1. The number of hydrogen-bond donors (Lipinski definition) is 2. The minimum absolute atomic E-state index is 0.198. The smallest absolute Gasteiger partial charge is 0.391 e. The van der Waals surface area contributed by atoms with Crippen LogP contribution < -0.4 is 5.32 Å². The molecule has 0 saturated heterocycles. The summed E-state index contributed by atoms with van der Waals surface area (Å²) in [6.45, 7) is 4.55. The molecule has 0 saturated carbocycles. The van der Waals surface area contributed by atoms with Crippen LogP contribution in [0.15, 0.2) is 29.2 Å². The first-order valence-electron chi connectivity index (χ1n) is 5.76. The highest BCUT2D eigenvalue weighted by Gasteiger charge is 2.48. The van der Waals surface area contributed by atoms with Gasteiger partial charge >= 0.3 is 5.51 Å². The number of alkyl halides is 3. The van der Waals surface area contributed by atoms with Gasteiger partial charge in [-0.3, -0.25) is 0 Å². The molecule has 0 radical (unpaired) electrons. The van der Waals surface area contributed by atoms with Gasteiger partial charge < -0.3 is 10.4 Å². The Morgan fingerprint density at radius 1 is 1.20 bits per heavy atom. The molecule has 20 heavy (non-hydrogen) atoms. The second-order valence-corrected chi connectivity index (χ2v) is 6.88. The van der Waals surface area contributed by atoms with Crippen molar-refractivity contribution in [1.29, 1.82) is 0 Å². The Hall–Kier alpha value is -1.28. The van der Waals surface area contributed by atoms with Gasteiger partial charge in [0.1, 0.15) is 0 Å². The fourth-order valence-corrected chi connectivity index (χ4v) is 2.30. The lowest BCUT2D eigenvalue weighted by atomic mass is 9.98. The van der Waals surface area contributed by atoms with Gasteiger partial charge in [0.25, 0.3) is 9.84 Å². The maximum Gasteiger partial charge on any atom is 0.501 e. The number of aliphatic hydroxyl groups is 1. The Balaban J connectivity index is 3.34. The average Bonchev–Trinajstić information content (AvgIpc) is 2.27. The molecule has 8 heteroatoms. The number of para-hydroxylation sites is 1. The summed E-state index contributed by atoms with van der Waals surface area (Å²) in [5.41, 5.74) is -6.56. The molecular weight excluding hydrogens is 295 g/mol. The van der Waals surface area contributed by atoms with Crippen molar-refractivity contribution in [2.45, 2.75) is 42.8 Å². The molecule has 1 unspecified atom stereocenters. The molecule has 0 spiro atoms. The number of sulfone groups is 1. The van der Waals surface area contributed by atoms with Crippen LogP contribution >= 0.6 is 0 Å².